The van der Waals surface area contributed by atoms with Crippen LogP contribution in [-0.4, -0.2) is 24.0 Å². The van der Waals surface area contributed by atoms with Crippen LogP contribution in [0.1, 0.15) is 12.5 Å². The Labute approximate surface area is 139 Å². The van der Waals surface area contributed by atoms with E-state index in [1.54, 1.807) is 57.4 Å². The van der Waals surface area contributed by atoms with Crippen LogP contribution in [0.5, 0.6) is 11.5 Å². The fourth-order valence-electron chi connectivity index (χ4n) is 2.04. The monoisotopic (exact) mass is 330 g/mol. The number of anilines is 1. The first-order valence-corrected chi connectivity index (χ1v) is 7.27. The first kappa shape index (κ1) is 17.3. The van der Waals surface area contributed by atoms with E-state index in [4.69, 9.17) is 9.47 Å². The number of nitro groups is 1. The van der Waals surface area contributed by atoms with Crippen LogP contribution in [0.15, 0.2) is 42.5 Å². The zero-order valence-electron chi connectivity index (χ0n) is 13.6. The van der Waals surface area contributed by atoms with Gasteiger partial charge < -0.3 is 14.8 Å². The molecule has 0 radical (unpaired) electrons. The van der Waals surface area contributed by atoms with Crippen molar-refractivity contribution < 1.29 is 19.2 Å². The molecule has 1 N–H and O–H groups in total. The molecular formula is C17H18N2O5. The molecule has 0 aliphatic heterocycles. The number of amides is 1. The maximum Gasteiger partial charge on any atom is 0.274 e. The summed E-state index contributed by atoms with van der Waals surface area (Å²) in [5.74, 6) is 0.809. The minimum Gasteiger partial charge on any atom is -0.497 e. The molecule has 0 heterocycles. The van der Waals surface area contributed by atoms with Crippen LogP contribution in [0.3, 0.4) is 0 Å². The largest absolute Gasteiger partial charge is 0.497 e. The Morgan fingerprint density at radius 1 is 1.17 bits per heavy atom. The number of nitrogens with zero attached hydrogens (tertiary/aromatic N) is 1. The number of methoxy groups -OCH3 is 1. The van der Waals surface area contributed by atoms with Crippen molar-refractivity contribution in [2.75, 3.05) is 12.4 Å². The number of nitro benzene ring substituents is 1. The number of carbonyl (C=O) groups is 1. The van der Waals surface area contributed by atoms with Gasteiger partial charge in [-0.3, -0.25) is 14.9 Å². The van der Waals surface area contributed by atoms with Crippen LogP contribution in [0.25, 0.3) is 0 Å². The Morgan fingerprint density at radius 2 is 1.79 bits per heavy atom. The van der Waals surface area contributed by atoms with Crippen molar-refractivity contribution in [3.63, 3.8) is 0 Å². The highest BCUT2D eigenvalue weighted by atomic mass is 16.6. The lowest BCUT2D eigenvalue weighted by molar-refractivity contribution is -0.385. The van der Waals surface area contributed by atoms with Crippen molar-refractivity contribution in [1.29, 1.82) is 0 Å². The normalized spacial score (nSPS) is 11.5. The number of hydrogen-bond acceptors (Lipinski definition) is 5. The van der Waals surface area contributed by atoms with Crippen LogP contribution >= 0.6 is 0 Å². The van der Waals surface area contributed by atoms with Crippen molar-refractivity contribution in [1.82, 2.24) is 0 Å². The Bertz CT molecular complexity index is 743. The average Bonchev–Trinajstić information content (AvgIpc) is 2.57. The molecule has 2 aromatic carbocycles. The molecule has 7 heteroatoms. The predicted molar refractivity (Wildman–Crippen MR) is 89.5 cm³/mol. The summed E-state index contributed by atoms with van der Waals surface area (Å²) in [5.41, 5.74) is 0.833. The van der Waals surface area contributed by atoms with Gasteiger partial charge in [0.1, 0.15) is 11.5 Å². The number of rotatable bonds is 6. The molecule has 7 nitrogen and oxygen atoms in total. The predicted octanol–water partition coefficient (Wildman–Crippen LogP) is 3.32. The lowest BCUT2D eigenvalue weighted by Crippen LogP contribution is -2.30. The number of carbonyl (C=O) groups excluding carboxylic acids is 1. The van der Waals surface area contributed by atoms with Crippen molar-refractivity contribution in [2.45, 2.75) is 20.0 Å². The molecule has 0 fully saturated rings. The van der Waals surface area contributed by atoms with Gasteiger partial charge in [0.15, 0.2) is 6.10 Å². The van der Waals surface area contributed by atoms with Crippen molar-refractivity contribution in [2.24, 2.45) is 0 Å². The maximum atomic E-state index is 12.2. The van der Waals surface area contributed by atoms with Gasteiger partial charge in [-0.1, -0.05) is 6.07 Å². The summed E-state index contributed by atoms with van der Waals surface area (Å²) < 4.78 is 10.6. The third-order valence-corrected chi connectivity index (χ3v) is 3.41. The van der Waals surface area contributed by atoms with Gasteiger partial charge in [0.2, 0.25) is 0 Å². The van der Waals surface area contributed by atoms with E-state index in [9.17, 15) is 14.9 Å². The van der Waals surface area contributed by atoms with E-state index < -0.39 is 16.9 Å². The molecule has 1 amide bonds. The van der Waals surface area contributed by atoms with Gasteiger partial charge >= 0.3 is 0 Å². The van der Waals surface area contributed by atoms with Crippen LogP contribution in [0.2, 0.25) is 0 Å². The summed E-state index contributed by atoms with van der Waals surface area (Å²) in [6.45, 7) is 3.24. The highest BCUT2D eigenvalue weighted by Crippen LogP contribution is 2.23. The van der Waals surface area contributed by atoms with E-state index in [0.29, 0.717) is 22.7 Å². The summed E-state index contributed by atoms with van der Waals surface area (Å²) in [7, 11) is 1.56. The highest BCUT2D eigenvalue weighted by molar-refractivity contribution is 5.94. The van der Waals surface area contributed by atoms with Crippen molar-refractivity contribution >= 4 is 17.3 Å². The lowest BCUT2D eigenvalue weighted by atomic mass is 10.2. The zero-order valence-corrected chi connectivity index (χ0v) is 13.6. The second kappa shape index (κ2) is 7.45. The van der Waals surface area contributed by atoms with E-state index in [0.717, 1.165) is 0 Å². The zero-order chi connectivity index (χ0) is 17.7. The third kappa shape index (κ3) is 4.22. The molecule has 1 atom stereocenters. The van der Waals surface area contributed by atoms with E-state index >= 15 is 0 Å². The maximum absolute atomic E-state index is 12.2. The van der Waals surface area contributed by atoms with E-state index in [2.05, 4.69) is 5.32 Å². The number of hydrogen-bond donors (Lipinski definition) is 1. The number of benzene rings is 2. The molecule has 0 aliphatic rings. The first-order valence-electron chi connectivity index (χ1n) is 7.27. The molecular weight excluding hydrogens is 312 g/mol. The molecule has 0 bridgehead atoms. The summed E-state index contributed by atoms with van der Waals surface area (Å²) in [5, 5.41) is 13.6. The summed E-state index contributed by atoms with van der Waals surface area (Å²) in [4.78, 5) is 22.6. The number of aryl methyl sites for hydroxylation is 1. The molecule has 2 rings (SSSR count). The Balaban J connectivity index is 2.03. The fourth-order valence-corrected chi connectivity index (χ4v) is 2.04. The molecule has 2 aromatic rings. The SMILES string of the molecule is COc1ccc(OC(C)C(=O)Nc2ccc(C)c([N+](=O)[O-])c2)cc1. The van der Waals surface area contributed by atoms with Gasteiger partial charge in [0, 0.05) is 17.3 Å². The van der Waals surface area contributed by atoms with E-state index in [1.165, 1.54) is 6.07 Å². The first-order chi connectivity index (χ1) is 11.4. The molecule has 0 saturated carbocycles. The Morgan fingerprint density at radius 3 is 2.38 bits per heavy atom. The van der Waals surface area contributed by atoms with Gasteiger partial charge in [0.05, 0.1) is 12.0 Å². The average molecular weight is 330 g/mol. The molecule has 0 spiro atoms. The molecule has 24 heavy (non-hydrogen) atoms. The summed E-state index contributed by atoms with van der Waals surface area (Å²) >= 11 is 0. The van der Waals surface area contributed by atoms with Crippen molar-refractivity contribution in [3.05, 3.63) is 58.1 Å². The van der Waals surface area contributed by atoms with Crippen LogP contribution < -0.4 is 14.8 Å². The summed E-state index contributed by atoms with van der Waals surface area (Å²) in [6, 6.07) is 11.4. The van der Waals surface area contributed by atoms with Crippen molar-refractivity contribution in [3.8, 4) is 11.5 Å². The molecule has 1 unspecified atom stereocenters. The Hall–Kier alpha value is -3.09. The molecule has 0 aliphatic carbocycles. The smallest absolute Gasteiger partial charge is 0.274 e. The van der Waals surface area contributed by atoms with Crippen LogP contribution in [0, 0.1) is 17.0 Å². The van der Waals surface area contributed by atoms with Gasteiger partial charge in [-0.25, -0.2) is 0 Å². The minimum absolute atomic E-state index is 0.0449. The second-order valence-corrected chi connectivity index (χ2v) is 5.18. The molecule has 0 aromatic heterocycles. The molecule has 0 saturated heterocycles. The van der Waals surface area contributed by atoms with E-state index in [1.807, 2.05) is 0 Å². The second-order valence-electron chi connectivity index (χ2n) is 5.18. The van der Waals surface area contributed by atoms with Crippen LogP contribution in [0.4, 0.5) is 11.4 Å². The number of ether oxygens (including phenoxy) is 2. The fraction of sp³-hybridized carbons (Fsp3) is 0.235. The quantitative estimate of drug-likeness (QED) is 0.648. The Kier molecular flexibility index (Phi) is 5.36. The van der Waals surface area contributed by atoms with Gasteiger partial charge in [-0.15, -0.1) is 0 Å². The summed E-state index contributed by atoms with van der Waals surface area (Å²) in [6.07, 6.45) is -0.765. The third-order valence-electron chi connectivity index (χ3n) is 3.41. The lowest BCUT2D eigenvalue weighted by Gasteiger charge is -2.15. The molecule has 126 valence electrons. The van der Waals surface area contributed by atoms with Gasteiger partial charge in [0.25, 0.3) is 11.6 Å². The topological polar surface area (TPSA) is 90.7 Å². The van der Waals surface area contributed by atoms with Crippen LogP contribution in [-0.2, 0) is 4.79 Å². The minimum atomic E-state index is -0.765. The van der Waals surface area contributed by atoms with Gasteiger partial charge in [-0.05, 0) is 44.2 Å². The van der Waals surface area contributed by atoms with E-state index in [-0.39, 0.29) is 5.69 Å². The standard InChI is InChI=1S/C17H18N2O5/c1-11-4-5-13(10-16(11)19(21)22)18-17(20)12(2)24-15-8-6-14(23-3)7-9-15/h4-10,12H,1-3H3,(H,18,20). The number of nitrogens with one attached hydrogen (secondary N) is 1. The van der Waals surface area contributed by atoms with Gasteiger partial charge in [-0.2, -0.15) is 0 Å². The highest BCUT2D eigenvalue weighted by Gasteiger charge is 2.17.